The number of para-hydroxylation sites is 1. The first-order valence-corrected chi connectivity index (χ1v) is 11.9. The van der Waals surface area contributed by atoms with Gasteiger partial charge in [-0.2, -0.15) is 0 Å². The number of nitrogens with zero attached hydrogens (tertiary/aromatic N) is 3. The molecule has 2 aliphatic rings. The molecule has 9 heteroatoms. The normalized spacial score (nSPS) is 18.9. The monoisotopic (exact) mass is 482 g/mol. The Morgan fingerprint density at radius 1 is 1.09 bits per heavy atom. The molecule has 180 valence electrons. The van der Waals surface area contributed by atoms with Gasteiger partial charge in [0.15, 0.2) is 5.11 Å². The van der Waals surface area contributed by atoms with E-state index in [4.69, 9.17) is 21.7 Å². The minimum atomic E-state index is -0.643. The Labute approximate surface area is 205 Å². The first kappa shape index (κ1) is 24.1. The molecule has 2 aromatic carbocycles. The van der Waals surface area contributed by atoms with E-state index in [0.717, 1.165) is 39.3 Å². The summed E-state index contributed by atoms with van der Waals surface area (Å²) in [6.45, 7) is 4.81. The van der Waals surface area contributed by atoms with Crippen LogP contribution in [0.25, 0.3) is 0 Å². The second kappa shape index (κ2) is 11.4. The SMILES string of the molecule is COc1ccc(NC(=O)CC2C(=O)N(c3ccccc3)C(=S)N2CCCN2CCOCC2)cc1. The Morgan fingerprint density at radius 2 is 1.79 bits per heavy atom. The van der Waals surface area contributed by atoms with E-state index in [1.165, 1.54) is 0 Å². The molecule has 2 amide bonds. The van der Waals surface area contributed by atoms with E-state index in [9.17, 15) is 9.59 Å². The summed E-state index contributed by atoms with van der Waals surface area (Å²) in [6, 6.07) is 15.8. The zero-order chi connectivity index (χ0) is 23.9. The minimum absolute atomic E-state index is 0.0197. The lowest BCUT2D eigenvalue weighted by atomic mass is 10.1. The molecule has 0 aromatic heterocycles. The first-order chi connectivity index (χ1) is 16.6. The van der Waals surface area contributed by atoms with Crippen molar-refractivity contribution in [1.82, 2.24) is 9.80 Å². The maximum Gasteiger partial charge on any atom is 0.256 e. The fourth-order valence-electron chi connectivity index (χ4n) is 4.25. The van der Waals surface area contributed by atoms with Crippen LogP contribution in [0, 0.1) is 0 Å². The maximum atomic E-state index is 13.4. The second-order valence-corrected chi connectivity index (χ2v) is 8.65. The number of nitrogens with one attached hydrogen (secondary N) is 1. The zero-order valence-electron chi connectivity index (χ0n) is 19.3. The smallest absolute Gasteiger partial charge is 0.256 e. The molecule has 0 aliphatic carbocycles. The number of anilines is 2. The molecule has 1 N–H and O–H groups in total. The number of carbonyl (C=O) groups is 2. The van der Waals surface area contributed by atoms with E-state index < -0.39 is 6.04 Å². The first-order valence-electron chi connectivity index (χ1n) is 11.5. The molecular formula is C25H30N4O4S. The number of hydrogen-bond donors (Lipinski definition) is 1. The Bertz CT molecular complexity index is 996. The van der Waals surface area contributed by atoms with Gasteiger partial charge in [0.05, 0.1) is 32.4 Å². The summed E-state index contributed by atoms with van der Waals surface area (Å²) in [7, 11) is 1.59. The van der Waals surface area contributed by atoms with Crippen LogP contribution < -0.4 is 15.0 Å². The maximum absolute atomic E-state index is 13.4. The van der Waals surface area contributed by atoms with Gasteiger partial charge in [0, 0.05) is 31.9 Å². The van der Waals surface area contributed by atoms with Gasteiger partial charge in [-0.3, -0.25) is 19.4 Å². The number of methoxy groups -OCH3 is 1. The van der Waals surface area contributed by atoms with Gasteiger partial charge in [-0.05, 0) is 55.0 Å². The molecule has 0 bridgehead atoms. The predicted molar refractivity (Wildman–Crippen MR) is 135 cm³/mol. The summed E-state index contributed by atoms with van der Waals surface area (Å²) in [4.78, 5) is 32.1. The fraction of sp³-hybridized carbons (Fsp3) is 0.400. The van der Waals surface area contributed by atoms with Gasteiger partial charge in [-0.25, -0.2) is 0 Å². The third kappa shape index (κ3) is 5.72. The van der Waals surface area contributed by atoms with Crippen LogP contribution in [0.3, 0.4) is 0 Å². The Morgan fingerprint density at radius 3 is 2.47 bits per heavy atom. The number of benzene rings is 2. The lowest BCUT2D eigenvalue weighted by Gasteiger charge is -2.28. The van der Waals surface area contributed by atoms with Crippen LogP contribution in [-0.4, -0.2) is 79.3 Å². The van der Waals surface area contributed by atoms with Crippen LogP contribution in [0.1, 0.15) is 12.8 Å². The summed E-state index contributed by atoms with van der Waals surface area (Å²) in [5.41, 5.74) is 1.37. The number of carbonyl (C=O) groups excluding carboxylic acids is 2. The number of rotatable bonds is 9. The van der Waals surface area contributed by atoms with Crippen LogP contribution in [0.4, 0.5) is 11.4 Å². The highest BCUT2D eigenvalue weighted by Gasteiger charge is 2.43. The third-order valence-electron chi connectivity index (χ3n) is 6.06. The highest BCUT2D eigenvalue weighted by molar-refractivity contribution is 7.80. The minimum Gasteiger partial charge on any atom is -0.497 e. The molecular weight excluding hydrogens is 452 g/mol. The van der Waals surface area contributed by atoms with Crippen molar-refractivity contribution < 1.29 is 19.1 Å². The molecule has 8 nitrogen and oxygen atoms in total. The molecule has 2 aromatic rings. The summed E-state index contributed by atoms with van der Waals surface area (Å²) in [6.07, 6.45) is 0.860. The molecule has 2 saturated heterocycles. The van der Waals surface area contributed by atoms with E-state index >= 15 is 0 Å². The van der Waals surface area contributed by atoms with E-state index in [1.54, 1.807) is 36.3 Å². The summed E-state index contributed by atoms with van der Waals surface area (Å²) in [5, 5.41) is 3.33. The van der Waals surface area contributed by atoms with E-state index in [2.05, 4.69) is 10.2 Å². The zero-order valence-corrected chi connectivity index (χ0v) is 20.1. The number of thiocarbonyl (C=S) groups is 1. The molecule has 2 aliphatic heterocycles. The van der Waals surface area contributed by atoms with Crippen LogP contribution in [0.2, 0.25) is 0 Å². The highest BCUT2D eigenvalue weighted by Crippen LogP contribution is 2.27. The molecule has 2 heterocycles. The quantitative estimate of drug-likeness (QED) is 0.551. The lowest BCUT2D eigenvalue weighted by Crippen LogP contribution is -2.41. The van der Waals surface area contributed by atoms with Crippen molar-refractivity contribution in [2.75, 3.05) is 56.7 Å². The molecule has 1 atom stereocenters. The molecule has 2 fully saturated rings. The van der Waals surface area contributed by atoms with Gasteiger partial charge < -0.3 is 19.7 Å². The number of amides is 2. The van der Waals surface area contributed by atoms with Gasteiger partial charge >= 0.3 is 0 Å². The van der Waals surface area contributed by atoms with Gasteiger partial charge in [0.1, 0.15) is 11.8 Å². The van der Waals surface area contributed by atoms with Gasteiger partial charge in [0.25, 0.3) is 5.91 Å². The van der Waals surface area contributed by atoms with Crippen LogP contribution in [0.5, 0.6) is 5.75 Å². The van der Waals surface area contributed by atoms with Crippen molar-refractivity contribution in [2.45, 2.75) is 18.9 Å². The van der Waals surface area contributed by atoms with Crippen LogP contribution in [-0.2, 0) is 14.3 Å². The van der Waals surface area contributed by atoms with E-state index in [0.29, 0.717) is 28.8 Å². The van der Waals surface area contributed by atoms with E-state index in [1.807, 2.05) is 35.2 Å². The molecule has 4 rings (SSSR count). The standard InChI is InChI=1S/C25H30N4O4S/c1-32-21-10-8-19(9-11-21)26-23(30)18-22-24(31)29(20-6-3-2-4-7-20)25(34)28(22)13-5-12-27-14-16-33-17-15-27/h2-4,6-11,22H,5,12-18H2,1H3,(H,26,30). The topological polar surface area (TPSA) is 74.4 Å². The number of morpholine rings is 1. The van der Waals surface area contributed by atoms with Crippen molar-refractivity contribution in [1.29, 1.82) is 0 Å². The average molecular weight is 483 g/mol. The summed E-state index contributed by atoms with van der Waals surface area (Å²) < 4.78 is 10.6. The summed E-state index contributed by atoms with van der Waals surface area (Å²) >= 11 is 5.73. The molecule has 34 heavy (non-hydrogen) atoms. The molecule has 0 radical (unpaired) electrons. The Kier molecular flexibility index (Phi) is 8.10. The van der Waals surface area contributed by atoms with Gasteiger partial charge in [-0.15, -0.1) is 0 Å². The number of ether oxygens (including phenoxy) is 2. The Hall–Kier alpha value is -3.01. The van der Waals surface area contributed by atoms with Crippen LogP contribution in [0.15, 0.2) is 54.6 Å². The summed E-state index contributed by atoms with van der Waals surface area (Å²) in [5.74, 6) is 0.297. The van der Waals surface area contributed by atoms with Crippen molar-refractivity contribution in [2.24, 2.45) is 0 Å². The highest BCUT2D eigenvalue weighted by atomic mass is 32.1. The molecule has 0 spiro atoms. The van der Waals surface area contributed by atoms with Crippen LogP contribution >= 0.6 is 12.2 Å². The lowest BCUT2D eigenvalue weighted by molar-refractivity contribution is -0.124. The molecule has 0 saturated carbocycles. The van der Waals surface area contributed by atoms with Gasteiger partial charge in [0.2, 0.25) is 5.91 Å². The fourth-order valence-corrected chi connectivity index (χ4v) is 4.67. The Balaban J connectivity index is 1.45. The third-order valence-corrected chi connectivity index (χ3v) is 6.48. The second-order valence-electron chi connectivity index (χ2n) is 8.29. The number of hydrogen-bond acceptors (Lipinski definition) is 6. The van der Waals surface area contributed by atoms with E-state index in [-0.39, 0.29) is 18.2 Å². The average Bonchev–Trinajstić information content (AvgIpc) is 3.09. The van der Waals surface area contributed by atoms with Crippen molar-refractivity contribution in [3.63, 3.8) is 0 Å². The predicted octanol–water partition coefficient (Wildman–Crippen LogP) is 2.75. The van der Waals surface area contributed by atoms with Crippen molar-refractivity contribution in [3.05, 3.63) is 54.6 Å². The van der Waals surface area contributed by atoms with Crippen molar-refractivity contribution in [3.8, 4) is 5.75 Å². The largest absolute Gasteiger partial charge is 0.497 e. The van der Waals surface area contributed by atoms with Crippen molar-refractivity contribution >= 4 is 40.5 Å². The van der Waals surface area contributed by atoms with Gasteiger partial charge in [-0.1, -0.05) is 18.2 Å². The molecule has 1 unspecified atom stereocenters.